The van der Waals surface area contributed by atoms with Crippen LogP contribution in [0.25, 0.3) is 10.9 Å². The van der Waals surface area contributed by atoms with Gasteiger partial charge in [-0.25, -0.2) is 4.98 Å². The van der Waals surface area contributed by atoms with Gasteiger partial charge in [-0.2, -0.15) is 0 Å². The number of ether oxygens (including phenoxy) is 2. The second-order valence-corrected chi connectivity index (χ2v) is 6.28. The van der Waals surface area contributed by atoms with Crippen LogP contribution in [0.3, 0.4) is 0 Å². The maximum atomic E-state index is 12.8. The van der Waals surface area contributed by atoms with E-state index in [1.165, 1.54) is 0 Å². The second kappa shape index (κ2) is 6.37. The average Bonchev–Trinajstić information content (AvgIpc) is 2.59. The number of methoxy groups -OCH3 is 1. The number of benzene rings is 1. The zero-order valence-electron chi connectivity index (χ0n) is 13.8. The van der Waals surface area contributed by atoms with Crippen LogP contribution < -0.4 is 4.74 Å². The van der Waals surface area contributed by atoms with Crippen molar-refractivity contribution in [3.8, 4) is 5.88 Å². The highest BCUT2D eigenvalue weighted by atomic mass is 16.5. The van der Waals surface area contributed by atoms with Gasteiger partial charge in [0.2, 0.25) is 5.88 Å². The minimum absolute atomic E-state index is 0.0947. The fraction of sp³-hybridized carbons (Fsp3) is 0.444. The summed E-state index contributed by atoms with van der Waals surface area (Å²) < 4.78 is 10.4. The van der Waals surface area contributed by atoms with Crippen LogP contribution in [-0.2, 0) is 4.74 Å². The van der Waals surface area contributed by atoms with Gasteiger partial charge < -0.3 is 14.4 Å². The molecular weight excluding hydrogens is 306 g/mol. The summed E-state index contributed by atoms with van der Waals surface area (Å²) in [6.07, 6.45) is 0. The van der Waals surface area contributed by atoms with Crippen LogP contribution in [0.1, 0.15) is 10.4 Å². The highest BCUT2D eigenvalue weighted by Gasteiger charge is 2.30. The quantitative estimate of drug-likeness (QED) is 0.853. The third kappa shape index (κ3) is 2.83. The van der Waals surface area contributed by atoms with Gasteiger partial charge in [0.15, 0.2) is 0 Å². The molecule has 2 saturated heterocycles. The molecule has 0 atom stereocenters. The lowest BCUT2D eigenvalue weighted by Crippen LogP contribution is -2.57. The van der Waals surface area contributed by atoms with Crippen LogP contribution in [0.15, 0.2) is 30.3 Å². The molecule has 3 heterocycles. The monoisotopic (exact) mass is 327 g/mol. The summed E-state index contributed by atoms with van der Waals surface area (Å²) in [4.78, 5) is 21.5. The van der Waals surface area contributed by atoms with Crippen molar-refractivity contribution in [1.82, 2.24) is 14.8 Å². The zero-order chi connectivity index (χ0) is 16.5. The summed E-state index contributed by atoms with van der Waals surface area (Å²) >= 11 is 0. The van der Waals surface area contributed by atoms with E-state index >= 15 is 0 Å². The second-order valence-electron chi connectivity index (χ2n) is 6.28. The predicted octanol–water partition coefficient (Wildman–Crippen LogP) is 1.40. The molecule has 0 N–H and O–H groups in total. The molecular formula is C18H21N3O3. The molecule has 1 aromatic heterocycles. The number of hydrogen-bond acceptors (Lipinski definition) is 5. The maximum Gasteiger partial charge on any atom is 0.253 e. The Balaban J connectivity index is 1.47. The Morgan fingerprint density at radius 3 is 2.62 bits per heavy atom. The lowest BCUT2D eigenvalue weighted by Gasteiger charge is -2.42. The summed E-state index contributed by atoms with van der Waals surface area (Å²) in [5.41, 5.74) is 1.55. The molecule has 2 aromatic rings. The fourth-order valence-corrected chi connectivity index (χ4v) is 3.26. The van der Waals surface area contributed by atoms with E-state index in [2.05, 4.69) is 9.88 Å². The Hall–Kier alpha value is -2.18. The number of hydrogen-bond donors (Lipinski definition) is 0. The molecule has 6 heteroatoms. The van der Waals surface area contributed by atoms with Crippen molar-refractivity contribution >= 4 is 16.8 Å². The van der Waals surface area contributed by atoms with Crippen molar-refractivity contribution < 1.29 is 14.3 Å². The number of nitrogens with zero attached hydrogens (tertiary/aromatic N) is 3. The SMILES string of the molecule is COc1ccc2cc(C(=O)N3CCN(C4COC4)CC3)ccc2n1. The molecule has 2 aliphatic rings. The molecule has 0 aliphatic carbocycles. The van der Waals surface area contributed by atoms with Gasteiger partial charge >= 0.3 is 0 Å². The number of carbonyl (C=O) groups is 1. The predicted molar refractivity (Wildman–Crippen MR) is 90.4 cm³/mol. The summed E-state index contributed by atoms with van der Waals surface area (Å²) in [5, 5.41) is 0.951. The largest absolute Gasteiger partial charge is 0.481 e. The molecule has 126 valence electrons. The van der Waals surface area contributed by atoms with Gasteiger partial charge in [-0.05, 0) is 24.3 Å². The topological polar surface area (TPSA) is 54.9 Å². The number of carbonyl (C=O) groups excluding carboxylic acids is 1. The van der Waals surface area contributed by atoms with E-state index in [4.69, 9.17) is 9.47 Å². The highest BCUT2D eigenvalue weighted by Crippen LogP contribution is 2.20. The van der Waals surface area contributed by atoms with E-state index in [9.17, 15) is 4.79 Å². The summed E-state index contributed by atoms with van der Waals surface area (Å²) in [7, 11) is 1.60. The van der Waals surface area contributed by atoms with E-state index in [-0.39, 0.29) is 5.91 Å². The van der Waals surface area contributed by atoms with Gasteiger partial charge in [-0.1, -0.05) is 0 Å². The minimum Gasteiger partial charge on any atom is -0.481 e. The molecule has 2 aliphatic heterocycles. The Morgan fingerprint density at radius 2 is 1.96 bits per heavy atom. The van der Waals surface area contributed by atoms with E-state index < -0.39 is 0 Å². The van der Waals surface area contributed by atoms with Crippen molar-refractivity contribution in [3.63, 3.8) is 0 Å². The first-order valence-corrected chi connectivity index (χ1v) is 8.30. The van der Waals surface area contributed by atoms with Crippen LogP contribution in [0.5, 0.6) is 5.88 Å². The van der Waals surface area contributed by atoms with Gasteiger partial charge in [0.05, 0.1) is 31.9 Å². The minimum atomic E-state index is 0.0947. The van der Waals surface area contributed by atoms with E-state index in [1.807, 2.05) is 35.2 Å². The Labute approximate surface area is 141 Å². The molecule has 0 radical (unpaired) electrons. The molecule has 4 rings (SSSR count). The van der Waals surface area contributed by atoms with Crippen LogP contribution in [-0.4, -0.2) is 73.2 Å². The van der Waals surface area contributed by atoms with Gasteiger partial charge in [0.25, 0.3) is 5.91 Å². The van der Waals surface area contributed by atoms with Crippen LogP contribution in [0.2, 0.25) is 0 Å². The van der Waals surface area contributed by atoms with Gasteiger partial charge in [-0.15, -0.1) is 0 Å². The van der Waals surface area contributed by atoms with Crippen molar-refractivity contribution in [2.24, 2.45) is 0 Å². The normalized spacial score (nSPS) is 19.3. The zero-order valence-corrected chi connectivity index (χ0v) is 13.8. The van der Waals surface area contributed by atoms with Crippen LogP contribution in [0.4, 0.5) is 0 Å². The molecule has 0 unspecified atom stereocenters. The number of piperazine rings is 1. The smallest absolute Gasteiger partial charge is 0.253 e. The van der Waals surface area contributed by atoms with Crippen molar-refractivity contribution in [1.29, 1.82) is 0 Å². The maximum absolute atomic E-state index is 12.8. The summed E-state index contributed by atoms with van der Waals surface area (Å²) in [6, 6.07) is 9.94. The van der Waals surface area contributed by atoms with Crippen molar-refractivity contribution in [2.75, 3.05) is 46.5 Å². The van der Waals surface area contributed by atoms with Gasteiger partial charge in [-0.3, -0.25) is 9.69 Å². The Kier molecular flexibility index (Phi) is 4.08. The molecule has 0 spiro atoms. The molecule has 1 amide bonds. The van der Waals surface area contributed by atoms with Crippen molar-refractivity contribution in [2.45, 2.75) is 6.04 Å². The highest BCUT2D eigenvalue weighted by molar-refractivity contribution is 5.98. The number of aromatic nitrogens is 1. The average molecular weight is 327 g/mol. The number of fused-ring (bicyclic) bond motifs is 1. The standard InChI is InChI=1S/C18H21N3O3/c1-23-17-5-3-13-10-14(2-4-16(13)19-17)18(22)21-8-6-20(7-9-21)15-11-24-12-15/h2-5,10,15H,6-9,11-12H2,1H3. The first-order chi connectivity index (χ1) is 11.7. The number of amides is 1. The van der Waals surface area contributed by atoms with Gasteiger partial charge in [0, 0.05) is 43.2 Å². The first-order valence-electron chi connectivity index (χ1n) is 8.30. The number of pyridine rings is 1. The number of rotatable bonds is 3. The molecule has 2 fully saturated rings. The third-order valence-corrected chi connectivity index (χ3v) is 4.86. The molecule has 24 heavy (non-hydrogen) atoms. The molecule has 6 nitrogen and oxygen atoms in total. The van der Waals surface area contributed by atoms with E-state index in [0.717, 1.165) is 55.9 Å². The Bertz CT molecular complexity index is 752. The van der Waals surface area contributed by atoms with Crippen LogP contribution >= 0.6 is 0 Å². The van der Waals surface area contributed by atoms with E-state index in [1.54, 1.807) is 7.11 Å². The molecule has 0 bridgehead atoms. The molecule has 1 aromatic carbocycles. The Morgan fingerprint density at radius 1 is 1.17 bits per heavy atom. The first kappa shape index (κ1) is 15.4. The summed E-state index contributed by atoms with van der Waals surface area (Å²) in [5.74, 6) is 0.676. The lowest BCUT2D eigenvalue weighted by atomic mass is 10.1. The van der Waals surface area contributed by atoms with Crippen LogP contribution in [0, 0.1) is 0 Å². The van der Waals surface area contributed by atoms with Gasteiger partial charge in [0.1, 0.15) is 0 Å². The summed E-state index contributed by atoms with van der Waals surface area (Å²) in [6.45, 7) is 5.05. The molecule has 0 saturated carbocycles. The third-order valence-electron chi connectivity index (χ3n) is 4.86. The fourth-order valence-electron chi connectivity index (χ4n) is 3.26. The lowest BCUT2D eigenvalue weighted by molar-refractivity contribution is -0.0746. The van der Waals surface area contributed by atoms with E-state index in [0.29, 0.717) is 11.9 Å². The van der Waals surface area contributed by atoms with Crippen molar-refractivity contribution in [3.05, 3.63) is 35.9 Å².